The zero-order valence-corrected chi connectivity index (χ0v) is 10.2. The number of carbonyl (C=O) groups is 1. The molecule has 0 aliphatic rings. The summed E-state index contributed by atoms with van der Waals surface area (Å²) < 4.78 is 13.3. The SMILES string of the molecule is CC(C)CCSc1cccc(F)c1C(=O)O. The highest BCUT2D eigenvalue weighted by molar-refractivity contribution is 7.99. The number of halogens is 1. The molecule has 0 aliphatic heterocycles. The third kappa shape index (κ3) is 3.52. The van der Waals surface area contributed by atoms with E-state index in [0.29, 0.717) is 10.8 Å². The topological polar surface area (TPSA) is 37.3 Å². The van der Waals surface area contributed by atoms with Crippen molar-refractivity contribution in [1.82, 2.24) is 0 Å². The number of hydrogen-bond donors (Lipinski definition) is 1. The van der Waals surface area contributed by atoms with E-state index in [2.05, 4.69) is 13.8 Å². The molecule has 0 bridgehead atoms. The van der Waals surface area contributed by atoms with E-state index in [0.717, 1.165) is 12.2 Å². The van der Waals surface area contributed by atoms with E-state index in [-0.39, 0.29) is 5.56 Å². The predicted molar refractivity (Wildman–Crippen MR) is 63.5 cm³/mol. The Hall–Kier alpha value is -1.03. The highest BCUT2D eigenvalue weighted by Crippen LogP contribution is 2.26. The molecule has 16 heavy (non-hydrogen) atoms. The van der Waals surface area contributed by atoms with Crippen molar-refractivity contribution < 1.29 is 14.3 Å². The lowest BCUT2D eigenvalue weighted by Gasteiger charge is -2.07. The second kappa shape index (κ2) is 5.89. The quantitative estimate of drug-likeness (QED) is 0.800. The minimum Gasteiger partial charge on any atom is -0.478 e. The Kier molecular flexibility index (Phi) is 4.80. The van der Waals surface area contributed by atoms with Crippen LogP contribution in [0.2, 0.25) is 0 Å². The van der Waals surface area contributed by atoms with Crippen LogP contribution in [-0.4, -0.2) is 16.8 Å². The van der Waals surface area contributed by atoms with Gasteiger partial charge in [-0.1, -0.05) is 19.9 Å². The fourth-order valence-corrected chi connectivity index (χ4v) is 2.55. The highest BCUT2D eigenvalue weighted by atomic mass is 32.2. The molecule has 0 atom stereocenters. The Morgan fingerprint density at radius 3 is 2.75 bits per heavy atom. The second-order valence-corrected chi connectivity index (χ2v) is 5.09. The van der Waals surface area contributed by atoms with Crippen LogP contribution in [0.1, 0.15) is 30.6 Å². The van der Waals surface area contributed by atoms with E-state index < -0.39 is 11.8 Å². The fourth-order valence-electron chi connectivity index (χ4n) is 1.24. The molecule has 1 aromatic carbocycles. The molecule has 0 aliphatic carbocycles. The summed E-state index contributed by atoms with van der Waals surface area (Å²) in [6.07, 6.45) is 0.986. The van der Waals surface area contributed by atoms with Gasteiger partial charge in [0, 0.05) is 4.90 Å². The number of aromatic carboxylic acids is 1. The normalized spacial score (nSPS) is 10.8. The molecular formula is C12H15FO2S. The van der Waals surface area contributed by atoms with Crippen LogP contribution >= 0.6 is 11.8 Å². The van der Waals surface area contributed by atoms with E-state index in [1.54, 1.807) is 12.1 Å². The zero-order chi connectivity index (χ0) is 12.1. The molecule has 0 saturated heterocycles. The first-order chi connectivity index (χ1) is 7.52. The Labute approximate surface area is 98.9 Å². The second-order valence-electron chi connectivity index (χ2n) is 3.95. The molecule has 1 rings (SSSR count). The number of benzene rings is 1. The number of carboxylic acids is 1. The highest BCUT2D eigenvalue weighted by Gasteiger charge is 2.15. The summed E-state index contributed by atoms with van der Waals surface area (Å²) >= 11 is 1.40. The van der Waals surface area contributed by atoms with Gasteiger partial charge in [0.05, 0.1) is 0 Å². The molecule has 1 aromatic rings. The van der Waals surface area contributed by atoms with Crippen LogP contribution in [0.4, 0.5) is 4.39 Å². The van der Waals surface area contributed by atoms with Gasteiger partial charge < -0.3 is 5.11 Å². The first-order valence-corrected chi connectivity index (χ1v) is 6.15. The average Bonchev–Trinajstić information content (AvgIpc) is 2.16. The first-order valence-electron chi connectivity index (χ1n) is 5.17. The molecule has 0 heterocycles. The molecule has 0 unspecified atom stereocenters. The standard InChI is InChI=1S/C12H15FO2S/c1-8(2)6-7-16-10-5-3-4-9(13)11(10)12(14)15/h3-5,8H,6-7H2,1-2H3,(H,14,15). The molecule has 0 fully saturated rings. The Bertz CT molecular complexity index is 377. The summed E-state index contributed by atoms with van der Waals surface area (Å²) in [4.78, 5) is 11.4. The van der Waals surface area contributed by atoms with Crippen LogP contribution in [0.3, 0.4) is 0 Å². The van der Waals surface area contributed by atoms with Gasteiger partial charge in [0.1, 0.15) is 11.4 Å². The van der Waals surface area contributed by atoms with Crippen molar-refractivity contribution in [2.45, 2.75) is 25.2 Å². The van der Waals surface area contributed by atoms with Crippen molar-refractivity contribution >= 4 is 17.7 Å². The van der Waals surface area contributed by atoms with E-state index in [1.807, 2.05) is 0 Å². The van der Waals surface area contributed by atoms with Gasteiger partial charge in [-0.2, -0.15) is 0 Å². The van der Waals surface area contributed by atoms with E-state index >= 15 is 0 Å². The maximum absolute atomic E-state index is 13.3. The van der Waals surface area contributed by atoms with Gasteiger partial charge in [0.2, 0.25) is 0 Å². The first kappa shape index (κ1) is 13.0. The van der Waals surface area contributed by atoms with Crippen molar-refractivity contribution in [1.29, 1.82) is 0 Å². The monoisotopic (exact) mass is 242 g/mol. The summed E-state index contributed by atoms with van der Waals surface area (Å²) in [6.45, 7) is 4.20. The van der Waals surface area contributed by atoms with Gasteiger partial charge in [-0.3, -0.25) is 0 Å². The minimum absolute atomic E-state index is 0.212. The third-order valence-electron chi connectivity index (χ3n) is 2.14. The summed E-state index contributed by atoms with van der Waals surface area (Å²) in [7, 11) is 0. The molecule has 0 radical (unpaired) electrons. The van der Waals surface area contributed by atoms with Gasteiger partial charge in [0.25, 0.3) is 0 Å². The smallest absolute Gasteiger partial charge is 0.339 e. The van der Waals surface area contributed by atoms with Crippen LogP contribution in [0.5, 0.6) is 0 Å². The van der Waals surface area contributed by atoms with Gasteiger partial charge in [-0.15, -0.1) is 11.8 Å². The predicted octanol–water partition coefficient (Wildman–Crippen LogP) is 3.66. The summed E-state index contributed by atoms with van der Waals surface area (Å²) in [5.41, 5.74) is -0.212. The van der Waals surface area contributed by atoms with E-state index in [9.17, 15) is 9.18 Å². The lowest BCUT2D eigenvalue weighted by molar-refractivity contribution is 0.0688. The van der Waals surface area contributed by atoms with Crippen molar-refractivity contribution in [3.63, 3.8) is 0 Å². The summed E-state index contributed by atoms with van der Waals surface area (Å²) in [6, 6.07) is 4.37. The maximum atomic E-state index is 13.3. The third-order valence-corrected chi connectivity index (χ3v) is 3.23. The molecular weight excluding hydrogens is 227 g/mol. The van der Waals surface area contributed by atoms with Crippen molar-refractivity contribution in [3.05, 3.63) is 29.6 Å². The lowest BCUT2D eigenvalue weighted by atomic mass is 10.2. The number of thioether (sulfide) groups is 1. The van der Waals surface area contributed by atoms with Gasteiger partial charge >= 0.3 is 5.97 Å². The fraction of sp³-hybridized carbons (Fsp3) is 0.417. The molecule has 2 nitrogen and oxygen atoms in total. The Balaban J connectivity index is 2.79. The van der Waals surface area contributed by atoms with Crippen molar-refractivity contribution in [2.24, 2.45) is 5.92 Å². The summed E-state index contributed by atoms with van der Waals surface area (Å²) in [5, 5.41) is 8.90. The molecule has 0 saturated carbocycles. The van der Waals surface area contributed by atoms with Crippen molar-refractivity contribution in [3.8, 4) is 0 Å². The molecule has 0 aromatic heterocycles. The van der Waals surface area contributed by atoms with Crippen LogP contribution < -0.4 is 0 Å². The van der Waals surface area contributed by atoms with Gasteiger partial charge in [-0.25, -0.2) is 9.18 Å². The van der Waals surface area contributed by atoms with Crippen LogP contribution in [0, 0.1) is 11.7 Å². The van der Waals surface area contributed by atoms with Gasteiger partial charge in [0.15, 0.2) is 0 Å². The van der Waals surface area contributed by atoms with E-state index in [1.165, 1.54) is 17.8 Å². The van der Waals surface area contributed by atoms with Crippen LogP contribution in [0.25, 0.3) is 0 Å². The molecule has 1 N–H and O–H groups in total. The summed E-state index contributed by atoms with van der Waals surface area (Å²) in [5.74, 6) is -0.497. The minimum atomic E-state index is -1.20. The number of carboxylic acid groups (broad SMARTS) is 1. The Morgan fingerprint density at radius 1 is 1.50 bits per heavy atom. The average molecular weight is 242 g/mol. The number of rotatable bonds is 5. The van der Waals surface area contributed by atoms with Crippen LogP contribution in [0.15, 0.2) is 23.1 Å². The van der Waals surface area contributed by atoms with Crippen molar-refractivity contribution in [2.75, 3.05) is 5.75 Å². The largest absolute Gasteiger partial charge is 0.478 e. The lowest BCUT2D eigenvalue weighted by Crippen LogP contribution is -2.03. The van der Waals surface area contributed by atoms with Crippen LogP contribution in [-0.2, 0) is 0 Å². The molecule has 88 valence electrons. The van der Waals surface area contributed by atoms with Gasteiger partial charge in [-0.05, 0) is 30.2 Å². The maximum Gasteiger partial charge on any atom is 0.339 e. The molecule has 0 spiro atoms. The number of hydrogen-bond acceptors (Lipinski definition) is 2. The Morgan fingerprint density at radius 2 is 2.19 bits per heavy atom. The molecule has 4 heteroatoms. The molecule has 0 amide bonds. The van der Waals surface area contributed by atoms with E-state index in [4.69, 9.17) is 5.11 Å². The zero-order valence-electron chi connectivity index (χ0n) is 9.37.